The molecule has 0 aromatic carbocycles. The van der Waals surface area contributed by atoms with Crippen molar-refractivity contribution in [1.29, 1.82) is 0 Å². The van der Waals surface area contributed by atoms with Gasteiger partial charge >= 0.3 is 11.9 Å². The standard InChI is InChI=1S/C15H28N2O5/c1-10(2)6-4-5-9-22-15(21)11(3)17-13(18)8-7-12(16)14(19)20/h10-12H,4-9,16H2,1-3H3,(H,17,18)(H,19,20). The van der Waals surface area contributed by atoms with Crippen LogP contribution >= 0.6 is 0 Å². The van der Waals surface area contributed by atoms with Crippen molar-refractivity contribution < 1.29 is 24.2 Å². The lowest BCUT2D eigenvalue weighted by atomic mass is 10.1. The van der Waals surface area contributed by atoms with Gasteiger partial charge in [-0.15, -0.1) is 0 Å². The molecule has 1 amide bonds. The number of carboxylic acid groups (broad SMARTS) is 1. The minimum Gasteiger partial charge on any atom is -0.480 e. The van der Waals surface area contributed by atoms with E-state index in [1.807, 2.05) is 0 Å². The van der Waals surface area contributed by atoms with Gasteiger partial charge in [0.2, 0.25) is 5.91 Å². The van der Waals surface area contributed by atoms with Crippen molar-refractivity contribution in [1.82, 2.24) is 5.32 Å². The highest BCUT2D eigenvalue weighted by Gasteiger charge is 2.18. The summed E-state index contributed by atoms with van der Waals surface area (Å²) in [6.45, 7) is 6.15. The Kier molecular flexibility index (Phi) is 10.2. The van der Waals surface area contributed by atoms with E-state index in [0.717, 1.165) is 19.3 Å². The van der Waals surface area contributed by atoms with Crippen LogP contribution in [0.3, 0.4) is 0 Å². The summed E-state index contributed by atoms with van der Waals surface area (Å²) in [4.78, 5) is 33.8. The molecule has 7 nitrogen and oxygen atoms in total. The van der Waals surface area contributed by atoms with Gasteiger partial charge in [-0.05, 0) is 32.1 Å². The summed E-state index contributed by atoms with van der Waals surface area (Å²) in [6.07, 6.45) is 2.88. The maximum atomic E-state index is 11.7. The molecule has 0 heterocycles. The van der Waals surface area contributed by atoms with Crippen LogP contribution in [0.15, 0.2) is 0 Å². The van der Waals surface area contributed by atoms with Gasteiger partial charge < -0.3 is 20.9 Å². The van der Waals surface area contributed by atoms with Gasteiger partial charge in [0.1, 0.15) is 12.1 Å². The molecular weight excluding hydrogens is 288 g/mol. The third-order valence-corrected chi connectivity index (χ3v) is 3.15. The van der Waals surface area contributed by atoms with Crippen molar-refractivity contribution in [3.8, 4) is 0 Å². The van der Waals surface area contributed by atoms with E-state index in [-0.39, 0.29) is 12.8 Å². The van der Waals surface area contributed by atoms with Crippen LogP contribution < -0.4 is 11.1 Å². The fourth-order valence-electron chi connectivity index (χ4n) is 1.74. The first-order chi connectivity index (χ1) is 10.2. The maximum absolute atomic E-state index is 11.7. The number of rotatable bonds is 11. The number of esters is 1. The van der Waals surface area contributed by atoms with Gasteiger partial charge in [-0.1, -0.05) is 20.3 Å². The summed E-state index contributed by atoms with van der Waals surface area (Å²) in [5, 5.41) is 11.1. The third kappa shape index (κ3) is 10.1. The lowest BCUT2D eigenvalue weighted by Crippen LogP contribution is -2.40. The average molecular weight is 316 g/mol. The summed E-state index contributed by atoms with van der Waals surface area (Å²) in [7, 11) is 0. The quantitative estimate of drug-likeness (QED) is 0.387. The van der Waals surface area contributed by atoms with Gasteiger partial charge in [0.15, 0.2) is 0 Å². The second-order valence-electron chi connectivity index (χ2n) is 5.83. The number of unbranched alkanes of at least 4 members (excludes halogenated alkanes) is 1. The van der Waals surface area contributed by atoms with Gasteiger partial charge in [0, 0.05) is 6.42 Å². The highest BCUT2D eigenvalue weighted by atomic mass is 16.5. The normalized spacial score (nSPS) is 13.5. The highest BCUT2D eigenvalue weighted by molar-refractivity contribution is 5.84. The van der Waals surface area contributed by atoms with Gasteiger partial charge in [-0.25, -0.2) is 4.79 Å². The van der Waals surface area contributed by atoms with E-state index < -0.39 is 29.9 Å². The lowest BCUT2D eigenvalue weighted by molar-refractivity contribution is -0.147. The molecule has 0 aliphatic heterocycles. The first-order valence-electron chi connectivity index (χ1n) is 7.68. The van der Waals surface area contributed by atoms with Crippen molar-refractivity contribution in [2.24, 2.45) is 11.7 Å². The van der Waals surface area contributed by atoms with Gasteiger partial charge in [0.25, 0.3) is 0 Å². The van der Waals surface area contributed by atoms with Gasteiger partial charge in [-0.3, -0.25) is 9.59 Å². The van der Waals surface area contributed by atoms with Crippen LogP contribution in [-0.4, -0.2) is 41.6 Å². The molecule has 0 fully saturated rings. The van der Waals surface area contributed by atoms with Crippen molar-refractivity contribution in [3.63, 3.8) is 0 Å². The van der Waals surface area contributed by atoms with E-state index in [1.165, 1.54) is 6.92 Å². The molecule has 128 valence electrons. The minimum absolute atomic E-state index is 0.0259. The minimum atomic E-state index is -1.15. The largest absolute Gasteiger partial charge is 0.480 e. The zero-order chi connectivity index (χ0) is 17.1. The number of nitrogens with two attached hydrogens (primary N) is 1. The van der Waals surface area contributed by atoms with Crippen LogP contribution in [0.1, 0.15) is 52.9 Å². The molecule has 0 aliphatic carbocycles. The van der Waals surface area contributed by atoms with E-state index in [4.69, 9.17) is 15.6 Å². The van der Waals surface area contributed by atoms with Gasteiger partial charge in [-0.2, -0.15) is 0 Å². The summed E-state index contributed by atoms with van der Waals surface area (Å²) in [5.74, 6) is -1.42. The molecule has 0 radical (unpaired) electrons. The second kappa shape index (κ2) is 11.0. The highest BCUT2D eigenvalue weighted by Crippen LogP contribution is 2.06. The Morgan fingerprint density at radius 3 is 2.32 bits per heavy atom. The third-order valence-electron chi connectivity index (χ3n) is 3.15. The number of ether oxygens (including phenoxy) is 1. The predicted octanol–water partition coefficient (Wildman–Crippen LogP) is 1.05. The predicted molar refractivity (Wildman–Crippen MR) is 82.1 cm³/mol. The zero-order valence-corrected chi connectivity index (χ0v) is 13.6. The topological polar surface area (TPSA) is 119 Å². The Bertz CT molecular complexity index is 371. The SMILES string of the molecule is CC(C)CCCCOC(=O)C(C)NC(=O)CCC(N)C(=O)O. The lowest BCUT2D eigenvalue weighted by Gasteiger charge is -2.14. The van der Waals surface area contributed by atoms with Crippen LogP contribution in [0.2, 0.25) is 0 Å². The zero-order valence-electron chi connectivity index (χ0n) is 13.6. The Morgan fingerprint density at radius 2 is 1.77 bits per heavy atom. The van der Waals surface area contributed by atoms with Crippen molar-refractivity contribution >= 4 is 17.8 Å². The van der Waals surface area contributed by atoms with E-state index in [2.05, 4.69) is 19.2 Å². The van der Waals surface area contributed by atoms with Crippen LogP contribution in [0.25, 0.3) is 0 Å². The molecule has 7 heteroatoms. The number of hydrogen-bond donors (Lipinski definition) is 3. The fourth-order valence-corrected chi connectivity index (χ4v) is 1.74. The fraction of sp³-hybridized carbons (Fsp3) is 0.800. The number of carbonyl (C=O) groups is 3. The second-order valence-corrected chi connectivity index (χ2v) is 5.83. The molecule has 0 saturated carbocycles. The summed E-state index contributed by atoms with van der Waals surface area (Å²) >= 11 is 0. The molecule has 0 saturated heterocycles. The Morgan fingerprint density at radius 1 is 1.14 bits per heavy atom. The van der Waals surface area contributed by atoms with Crippen LogP contribution in [0.5, 0.6) is 0 Å². The molecule has 22 heavy (non-hydrogen) atoms. The van der Waals surface area contributed by atoms with E-state index in [1.54, 1.807) is 0 Å². The van der Waals surface area contributed by atoms with Gasteiger partial charge in [0.05, 0.1) is 6.61 Å². The summed E-state index contributed by atoms with van der Waals surface area (Å²) < 4.78 is 5.08. The van der Waals surface area contributed by atoms with Crippen LogP contribution in [0, 0.1) is 5.92 Å². The number of hydrogen-bond acceptors (Lipinski definition) is 5. The number of carbonyl (C=O) groups excluding carboxylic acids is 2. The monoisotopic (exact) mass is 316 g/mol. The van der Waals surface area contributed by atoms with E-state index in [0.29, 0.717) is 12.5 Å². The van der Waals surface area contributed by atoms with Crippen molar-refractivity contribution in [3.05, 3.63) is 0 Å². The summed E-state index contributed by atoms with van der Waals surface area (Å²) in [5.41, 5.74) is 5.30. The molecule has 0 bridgehead atoms. The van der Waals surface area contributed by atoms with Crippen molar-refractivity contribution in [2.45, 2.75) is 65.0 Å². The number of nitrogens with one attached hydrogen (secondary N) is 1. The number of amides is 1. The molecule has 0 aliphatic rings. The van der Waals surface area contributed by atoms with Crippen LogP contribution in [0.4, 0.5) is 0 Å². The molecular formula is C15H28N2O5. The number of aliphatic carboxylic acids is 1. The Labute approximate surface area is 131 Å². The average Bonchev–Trinajstić information content (AvgIpc) is 2.43. The first-order valence-corrected chi connectivity index (χ1v) is 7.68. The Balaban J connectivity index is 3.85. The first kappa shape index (κ1) is 20.4. The number of carboxylic acids is 1. The molecule has 0 spiro atoms. The smallest absolute Gasteiger partial charge is 0.328 e. The molecule has 0 aromatic heterocycles. The maximum Gasteiger partial charge on any atom is 0.328 e. The molecule has 0 rings (SSSR count). The van der Waals surface area contributed by atoms with Crippen molar-refractivity contribution in [2.75, 3.05) is 6.61 Å². The molecule has 2 unspecified atom stereocenters. The van der Waals surface area contributed by atoms with Crippen LogP contribution in [-0.2, 0) is 19.1 Å². The molecule has 0 aromatic rings. The Hall–Kier alpha value is -1.63. The van der Waals surface area contributed by atoms with E-state index >= 15 is 0 Å². The van der Waals surface area contributed by atoms with E-state index in [9.17, 15) is 14.4 Å². The molecule has 4 N–H and O–H groups in total. The molecule has 2 atom stereocenters. The summed E-state index contributed by atoms with van der Waals surface area (Å²) in [6, 6.07) is -1.83.